The van der Waals surface area contributed by atoms with Crippen LogP contribution in [0.3, 0.4) is 0 Å². The molecule has 36 heavy (non-hydrogen) atoms. The number of carboxylic acids is 1. The number of rotatable bonds is 10. The summed E-state index contributed by atoms with van der Waals surface area (Å²) in [6.07, 6.45) is -2.52. The van der Waals surface area contributed by atoms with Crippen molar-refractivity contribution in [1.29, 1.82) is 0 Å². The summed E-state index contributed by atoms with van der Waals surface area (Å²) in [6.45, 7) is 1.90. The quantitative estimate of drug-likeness (QED) is 0.255. The molecule has 0 amide bonds. The Bertz CT molecular complexity index is 1380. The van der Waals surface area contributed by atoms with Gasteiger partial charge in [0.25, 0.3) is 6.43 Å². The Hall–Kier alpha value is -3.91. The van der Waals surface area contributed by atoms with Crippen LogP contribution in [0.25, 0.3) is 22.1 Å². The highest BCUT2D eigenvalue weighted by Crippen LogP contribution is 2.38. The van der Waals surface area contributed by atoms with Gasteiger partial charge in [-0.2, -0.15) is 0 Å². The van der Waals surface area contributed by atoms with Crippen LogP contribution < -0.4 is 15.2 Å². The maximum Gasteiger partial charge on any atom is 0.311 e. The first-order valence-corrected chi connectivity index (χ1v) is 11.5. The lowest BCUT2D eigenvalue weighted by Gasteiger charge is -2.17. The van der Waals surface area contributed by atoms with Gasteiger partial charge in [0, 0.05) is 29.1 Å². The molecule has 1 atom stereocenters. The minimum atomic E-state index is -2.85. The first kappa shape index (κ1) is 25.2. The number of benzene rings is 3. The van der Waals surface area contributed by atoms with E-state index in [0.29, 0.717) is 35.2 Å². The van der Waals surface area contributed by atoms with Gasteiger partial charge in [0.2, 0.25) is 0 Å². The van der Waals surface area contributed by atoms with Gasteiger partial charge >= 0.3 is 5.97 Å². The summed E-state index contributed by atoms with van der Waals surface area (Å²) in [5.74, 6) is -1.58. The van der Waals surface area contributed by atoms with Crippen LogP contribution in [-0.2, 0) is 17.9 Å². The SMILES string of the molecule is CCC(C(=O)O)c1ccc(OC)cc1OCc1c(C(F)F)oc2ccc(-c3cccc(CN)c3)cc12. The van der Waals surface area contributed by atoms with Gasteiger partial charge in [0.05, 0.1) is 13.0 Å². The topological polar surface area (TPSA) is 94.9 Å². The van der Waals surface area contributed by atoms with E-state index in [1.807, 2.05) is 24.3 Å². The Kier molecular flexibility index (Phi) is 7.55. The van der Waals surface area contributed by atoms with Crippen LogP contribution in [0.5, 0.6) is 11.5 Å². The van der Waals surface area contributed by atoms with Crippen molar-refractivity contribution < 1.29 is 32.6 Å². The van der Waals surface area contributed by atoms with Gasteiger partial charge < -0.3 is 24.7 Å². The number of carboxylic acid groups (broad SMARTS) is 1. The fourth-order valence-corrected chi connectivity index (χ4v) is 4.28. The number of alkyl halides is 2. The number of hydrogen-bond acceptors (Lipinski definition) is 5. The number of methoxy groups -OCH3 is 1. The van der Waals surface area contributed by atoms with Crippen LogP contribution in [0, 0.1) is 0 Å². The molecule has 3 aromatic carbocycles. The van der Waals surface area contributed by atoms with E-state index in [1.165, 1.54) is 7.11 Å². The first-order chi connectivity index (χ1) is 17.4. The molecule has 4 aromatic rings. The fourth-order valence-electron chi connectivity index (χ4n) is 4.28. The van der Waals surface area contributed by atoms with Crippen LogP contribution in [-0.4, -0.2) is 18.2 Å². The number of halogens is 2. The van der Waals surface area contributed by atoms with Crippen molar-refractivity contribution in [2.45, 2.75) is 38.8 Å². The third-order valence-electron chi connectivity index (χ3n) is 6.19. The van der Waals surface area contributed by atoms with Crippen LogP contribution in [0.1, 0.15) is 48.1 Å². The Balaban J connectivity index is 1.76. The van der Waals surface area contributed by atoms with Gasteiger partial charge in [-0.05, 0) is 47.4 Å². The molecule has 0 spiro atoms. The van der Waals surface area contributed by atoms with Crippen molar-refractivity contribution in [2.24, 2.45) is 5.73 Å². The van der Waals surface area contributed by atoms with Gasteiger partial charge in [0.15, 0.2) is 5.76 Å². The van der Waals surface area contributed by atoms with E-state index in [2.05, 4.69) is 0 Å². The van der Waals surface area contributed by atoms with Crippen molar-refractivity contribution in [3.63, 3.8) is 0 Å². The molecular formula is C28H27F2NO5. The summed E-state index contributed by atoms with van der Waals surface area (Å²) in [7, 11) is 1.48. The zero-order chi connectivity index (χ0) is 25.8. The average Bonchev–Trinajstić information content (AvgIpc) is 3.26. The number of nitrogens with two attached hydrogens (primary N) is 1. The molecule has 0 bridgehead atoms. The molecule has 6 nitrogen and oxygen atoms in total. The van der Waals surface area contributed by atoms with Crippen molar-refractivity contribution >= 4 is 16.9 Å². The molecular weight excluding hydrogens is 468 g/mol. The molecule has 4 rings (SSSR count). The summed E-state index contributed by atoms with van der Waals surface area (Å²) >= 11 is 0. The standard InChI is InChI=1S/C28H27F2NO5/c1-3-20(28(32)33)21-9-8-19(34-2)13-25(21)35-15-23-22-12-18(17-6-4-5-16(11-17)14-31)7-10-24(22)36-26(23)27(29)30/h4-13,20,27H,3,14-15,31H2,1-2H3,(H,32,33). The Labute approximate surface area is 207 Å². The van der Waals surface area contributed by atoms with E-state index >= 15 is 0 Å². The van der Waals surface area contributed by atoms with E-state index in [-0.39, 0.29) is 17.9 Å². The maximum atomic E-state index is 13.9. The molecule has 0 aliphatic heterocycles. The van der Waals surface area contributed by atoms with Gasteiger partial charge in [-0.25, -0.2) is 8.78 Å². The molecule has 0 aliphatic carbocycles. The number of furan rings is 1. The first-order valence-electron chi connectivity index (χ1n) is 11.5. The lowest BCUT2D eigenvalue weighted by molar-refractivity contribution is -0.138. The van der Waals surface area contributed by atoms with Crippen molar-refractivity contribution in [1.82, 2.24) is 0 Å². The van der Waals surface area contributed by atoms with Crippen molar-refractivity contribution in [2.75, 3.05) is 7.11 Å². The third-order valence-corrected chi connectivity index (χ3v) is 6.19. The number of carbonyl (C=O) groups is 1. The van der Waals surface area contributed by atoms with E-state index in [4.69, 9.17) is 19.6 Å². The monoisotopic (exact) mass is 495 g/mol. The number of hydrogen-bond donors (Lipinski definition) is 2. The largest absolute Gasteiger partial charge is 0.497 e. The molecule has 0 saturated heterocycles. The second-order valence-electron chi connectivity index (χ2n) is 8.35. The molecule has 188 valence electrons. The Morgan fingerprint density at radius 3 is 2.53 bits per heavy atom. The van der Waals surface area contributed by atoms with Crippen LogP contribution in [0.4, 0.5) is 8.78 Å². The Morgan fingerprint density at radius 1 is 1.08 bits per heavy atom. The highest BCUT2D eigenvalue weighted by Gasteiger charge is 2.25. The van der Waals surface area contributed by atoms with Crippen molar-refractivity contribution in [3.8, 4) is 22.6 Å². The highest BCUT2D eigenvalue weighted by atomic mass is 19.3. The lowest BCUT2D eigenvalue weighted by Crippen LogP contribution is -2.12. The van der Waals surface area contributed by atoms with Crippen LogP contribution in [0.15, 0.2) is 65.1 Å². The molecule has 3 N–H and O–H groups in total. The van der Waals surface area contributed by atoms with Gasteiger partial charge in [0.1, 0.15) is 23.7 Å². The second-order valence-corrected chi connectivity index (χ2v) is 8.35. The zero-order valence-corrected chi connectivity index (χ0v) is 20.0. The molecule has 1 aromatic heterocycles. The molecule has 0 saturated carbocycles. The minimum Gasteiger partial charge on any atom is -0.497 e. The summed E-state index contributed by atoms with van der Waals surface area (Å²) < 4.78 is 44.6. The summed E-state index contributed by atoms with van der Waals surface area (Å²) in [6, 6.07) is 17.8. The second kappa shape index (κ2) is 10.8. The molecule has 1 unspecified atom stereocenters. The number of fused-ring (bicyclic) bond motifs is 1. The predicted molar refractivity (Wildman–Crippen MR) is 132 cm³/mol. The minimum absolute atomic E-state index is 0.203. The lowest BCUT2D eigenvalue weighted by atomic mass is 9.95. The molecule has 0 aliphatic rings. The van der Waals surface area contributed by atoms with Gasteiger partial charge in [-0.3, -0.25) is 4.79 Å². The van der Waals surface area contributed by atoms with E-state index in [9.17, 15) is 18.7 Å². The predicted octanol–water partition coefficient (Wildman–Crippen LogP) is 6.66. The van der Waals surface area contributed by atoms with E-state index in [1.54, 1.807) is 43.3 Å². The summed E-state index contributed by atoms with van der Waals surface area (Å²) in [5, 5.41) is 10.2. The van der Waals surface area contributed by atoms with Crippen molar-refractivity contribution in [3.05, 3.63) is 83.1 Å². The van der Waals surface area contributed by atoms with Crippen LogP contribution in [0.2, 0.25) is 0 Å². The number of ether oxygens (including phenoxy) is 2. The fraction of sp³-hybridized carbons (Fsp3) is 0.250. The molecule has 8 heteroatoms. The smallest absolute Gasteiger partial charge is 0.311 e. The summed E-state index contributed by atoms with van der Waals surface area (Å²) in [4.78, 5) is 11.8. The average molecular weight is 496 g/mol. The molecule has 0 radical (unpaired) electrons. The zero-order valence-electron chi connectivity index (χ0n) is 20.0. The van der Waals surface area contributed by atoms with E-state index < -0.39 is 24.1 Å². The van der Waals surface area contributed by atoms with Gasteiger partial charge in [-0.15, -0.1) is 0 Å². The van der Waals surface area contributed by atoms with E-state index in [0.717, 1.165) is 16.7 Å². The molecule has 1 heterocycles. The number of aliphatic carboxylic acids is 1. The maximum absolute atomic E-state index is 13.9. The van der Waals surface area contributed by atoms with Crippen LogP contribution >= 0.6 is 0 Å². The normalized spacial score (nSPS) is 12.2. The Morgan fingerprint density at radius 2 is 1.86 bits per heavy atom. The summed E-state index contributed by atoms with van der Waals surface area (Å²) in [5.41, 5.74) is 9.39. The van der Waals surface area contributed by atoms with Gasteiger partial charge in [-0.1, -0.05) is 37.3 Å². The third kappa shape index (κ3) is 5.04. The molecule has 0 fully saturated rings. The highest BCUT2D eigenvalue weighted by molar-refractivity contribution is 5.87.